The number of nitrogens with zero attached hydrogens (tertiary/aromatic N) is 1. The number of allylic oxidation sites excluding steroid dienone is 1. The SMILES string of the molecule is CC1=C(C(=O)N2CCOCC2)C(c2sccc2C)NC(=O)N1. The third-order valence-corrected chi connectivity index (χ3v) is 5.05. The average molecular weight is 321 g/mol. The Kier molecular flexibility index (Phi) is 4.17. The highest BCUT2D eigenvalue weighted by molar-refractivity contribution is 7.10. The highest BCUT2D eigenvalue weighted by Gasteiger charge is 2.35. The van der Waals surface area contributed by atoms with Crippen LogP contribution in [0.4, 0.5) is 4.79 Å². The number of carbonyl (C=O) groups is 2. The largest absolute Gasteiger partial charge is 0.378 e. The molecule has 1 saturated heterocycles. The van der Waals surface area contributed by atoms with Crippen molar-refractivity contribution in [3.8, 4) is 0 Å². The molecule has 22 heavy (non-hydrogen) atoms. The Morgan fingerprint density at radius 1 is 1.36 bits per heavy atom. The summed E-state index contributed by atoms with van der Waals surface area (Å²) < 4.78 is 5.31. The lowest BCUT2D eigenvalue weighted by molar-refractivity contribution is -0.131. The van der Waals surface area contributed by atoms with Gasteiger partial charge in [-0.15, -0.1) is 11.3 Å². The maximum atomic E-state index is 12.9. The molecule has 0 saturated carbocycles. The fourth-order valence-electron chi connectivity index (χ4n) is 2.79. The van der Waals surface area contributed by atoms with Gasteiger partial charge in [-0.2, -0.15) is 0 Å². The third-order valence-electron chi connectivity index (χ3n) is 3.96. The van der Waals surface area contributed by atoms with Gasteiger partial charge in [-0.05, 0) is 30.9 Å². The summed E-state index contributed by atoms with van der Waals surface area (Å²) in [4.78, 5) is 27.5. The average Bonchev–Trinajstić information content (AvgIpc) is 2.93. The number of nitrogens with one attached hydrogen (secondary N) is 2. The van der Waals surface area contributed by atoms with Crippen molar-refractivity contribution in [1.29, 1.82) is 0 Å². The van der Waals surface area contributed by atoms with E-state index in [0.717, 1.165) is 10.4 Å². The molecule has 1 atom stereocenters. The highest BCUT2D eigenvalue weighted by Crippen LogP contribution is 2.33. The van der Waals surface area contributed by atoms with Crippen LogP contribution in [0.25, 0.3) is 0 Å². The van der Waals surface area contributed by atoms with Gasteiger partial charge in [-0.3, -0.25) is 4.79 Å². The molecule has 1 aromatic rings. The molecular weight excluding hydrogens is 302 g/mol. The summed E-state index contributed by atoms with van der Waals surface area (Å²) in [7, 11) is 0. The zero-order chi connectivity index (χ0) is 15.7. The van der Waals surface area contributed by atoms with Gasteiger partial charge in [0, 0.05) is 23.7 Å². The first-order valence-corrected chi connectivity index (χ1v) is 8.15. The zero-order valence-corrected chi connectivity index (χ0v) is 13.5. The number of aryl methyl sites for hydroxylation is 1. The van der Waals surface area contributed by atoms with Gasteiger partial charge in [0.05, 0.1) is 24.8 Å². The number of hydrogen-bond acceptors (Lipinski definition) is 4. The molecule has 3 amide bonds. The smallest absolute Gasteiger partial charge is 0.319 e. The van der Waals surface area contributed by atoms with Crippen LogP contribution in [-0.4, -0.2) is 43.1 Å². The van der Waals surface area contributed by atoms with Crippen LogP contribution in [0.1, 0.15) is 23.4 Å². The maximum Gasteiger partial charge on any atom is 0.319 e. The molecule has 3 rings (SSSR count). The fourth-order valence-corrected chi connectivity index (χ4v) is 3.78. The first kappa shape index (κ1) is 15.1. The Balaban J connectivity index is 1.96. The number of carbonyl (C=O) groups excluding carboxylic acids is 2. The predicted octanol–water partition coefficient (Wildman–Crippen LogP) is 1.54. The molecule has 2 N–H and O–H groups in total. The summed E-state index contributed by atoms with van der Waals surface area (Å²) in [5, 5.41) is 7.58. The molecule has 1 fully saturated rings. The van der Waals surface area contributed by atoms with Crippen LogP contribution in [0.5, 0.6) is 0 Å². The number of thiophene rings is 1. The van der Waals surface area contributed by atoms with Gasteiger partial charge in [0.25, 0.3) is 5.91 Å². The van der Waals surface area contributed by atoms with E-state index in [0.29, 0.717) is 37.6 Å². The van der Waals surface area contributed by atoms with E-state index in [-0.39, 0.29) is 18.0 Å². The Morgan fingerprint density at radius 3 is 2.73 bits per heavy atom. The first-order valence-electron chi connectivity index (χ1n) is 7.27. The molecule has 1 aromatic heterocycles. The van der Waals surface area contributed by atoms with Crippen LogP contribution in [-0.2, 0) is 9.53 Å². The van der Waals surface area contributed by atoms with Gasteiger partial charge >= 0.3 is 6.03 Å². The minimum absolute atomic E-state index is 0.0360. The maximum absolute atomic E-state index is 12.9. The molecule has 3 heterocycles. The summed E-state index contributed by atoms with van der Waals surface area (Å²) >= 11 is 1.56. The van der Waals surface area contributed by atoms with E-state index in [1.54, 1.807) is 23.2 Å². The van der Waals surface area contributed by atoms with E-state index in [1.807, 2.05) is 18.4 Å². The minimum atomic E-state index is -0.385. The van der Waals surface area contributed by atoms with E-state index in [2.05, 4.69) is 10.6 Å². The van der Waals surface area contributed by atoms with E-state index in [1.165, 1.54) is 0 Å². The van der Waals surface area contributed by atoms with Gasteiger partial charge in [0.1, 0.15) is 0 Å². The molecule has 0 radical (unpaired) electrons. The van der Waals surface area contributed by atoms with Crippen molar-refractivity contribution in [2.75, 3.05) is 26.3 Å². The van der Waals surface area contributed by atoms with Crippen LogP contribution in [0.2, 0.25) is 0 Å². The summed E-state index contributed by atoms with van der Waals surface area (Å²) in [5.74, 6) is -0.0360. The number of ether oxygens (including phenoxy) is 1. The number of urea groups is 1. The molecule has 1 unspecified atom stereocenters. The van der Waals surface area contributed by atoms with E-state index in [4.69, 9.17) is 4.74 Å². The molecule has 2 aliphatic rings. The van der Waals surface area contributed by atoms with Crippen LogP contribution in [0.3, 0.4) is 0 Å². The molecule has 2 aliphatic heterocycles. The van der Waals surface area contributed by atoms with Gasteiger partial charge in [0.2, 0.25) is 0 Å². The lowest BCUT2D eigenvalue weighted by atomic mass is 9.98. The fraction of sp³-hybridized carbons (Fsp3) is 0.467. The van der Waals surface area contributed by atoms with E-state index < -0.39 is 0 Å². The summed E-state index contributed by atoms with van der Waals surface area (Å²) in [5.41, 5.74) is 2.32. The first-order chi connectivity index (χ1) is 10.6. The number of morpholine rings is 1. The van der Waals surface area contributed by atoms with Crippen LogP contribution in [0, 0.1) is 6.92 Å². The van der Waals surface area contributed by atoms with Crippen molar-refractivity contribution in [2.24, 2.45) is 0 Å². The van der Waals surface area contributed by atoms with E-state index >= 15 is 0 Å². The second-order valence-corrected chi connectivity index (χ2v) is 6.39. The Labute approximate surface area is 133 Å². The van der Waals surface area contributed by atoms with Crippen molar-refractivity contribution in [3.05, 3.63) is 33.2 Å². The van der Waals surface area contributed by atoms with Gasteiger partial charge in [-0.25, -0.2) is 4.79 Å². The summed E-state index contributed by atoms with van der Waals surface area (Å²) in [6.45, 7) is 6.05. The van der Waals surface area contributed by atoms with Crippen molar-refractivity contribution in [2.45, 2.75) is 19.9 Å². The molecule has 0 bridgehead atoms. The Hall–Kier alpha value is -1.86. The number of hydrogen-bond donors (Lipinski definition) is 2. The molecule has 7 heteroatoms. The molecule has 6 nitrogen and oxygen atoms in total. The molecule has 0 spiro atoms. The lowest BCUT2D eigenvalue weighted by Crippen LogP contribution is -2.49. The van der Waals surface area contributed by atoms with Crippen molar-refractivity contribution >= 4 is 23.3 Å². The normalized spacial score (nSPS) is 22.4. The summed E-state index contributed by atoms with van der Waals surface area (Å²) in [6.07, 6.45) is 0. The topological polar surface area (TPSA) is 70.7 Å². The number of rotatable bonds is 2. The Bertz CT molecular complexity index is 632. The van der Waals surface area contributed by atoms with Crippen LogP contribution >= 0.6 is 11.3 Å². The molecule has 0 aliphatic carbocycles. The van der Waals surface area contributed by atoms with Crippen molar-refractivity contribution < 1.29 is 14.3 Å². The third kappa shape index (κ3) is 2.74. The zero-order valence-electron chi connectivity index (χ0n) is 12.6. The standard InChI is InChI=1S/C15H19N3O3S/c1-9-3-8-22-13(9)12-11(10(2)16-15(20)17-12)14(19)18-4-6-21-7-5-18/h3,8,12H,4-7H2,1-2H3,(H2,16,17,20). The predicted molar refractivity (Wildman–Crippen MR) is 83.6 cm³/mol. The molecule has 118 valence electrons. The number of amides is 3. The van der Waals surface area contributed by atoms with Gasteiger partial charge in [0.15, 0.2) is 0 Å². The van der Waals surface area contributed by atoms with Gasteiger partial charge < -0.3 is 20.3 Å². The van der Waals surface area contributed by atoms with Crippen LogP contribution in [0.15, 0.2) is 22.7 Å². The quantitative estimate of drug-likeness (QED) is 0.868. The van der Waals surface area contributed by atoms with Crippen LogP contribution < -0.4 is 10.6 Å². The van der Waals surface area contributed by atoms with E-state index in [9.17, 15) is 9.59 Å². The van der Waals surface area contributed by atoms with Crippen molar-refractivity contribution in [3.63, 3.8) is 0 Å². The molecule has 0 aromatic carbocycles. The van der Waals surface area contributed by atoms with Crippen molar-refractivity contribution in [1.82, 2.24) is 15.5 Å². The minimum Gasteiger partial charge on any atom is -0.378 e. The molecular formula is C15H19N3O3S. The monoisotopic (exact) mass is 321 g/mol. The Morgan fingerprint density at radius 2 is 2.09 bits per heavy atom. The summed E-state index contributed by atoms with van der Waals surface area (Å²) in [6, 6.07) is 1.35. The second kappa shape index (κ2) is 6.10. The highest BCUT2D eigenvalue weighted by atomic mass is 32.1. The second-order valence-electron chi connectivity index (χ2n) is 5.44. The lowest BCUT2D eigenvalue weighted by Gasteiger charge is -2.33. The van der Waals surface area contributed by atoms with Gasteiger partial charge in [-0.1, -0.05) is 0 Å².